The van der Waals surface area contributed by atoms with Gasteiger partial charge in [-0.15, -0.1) is 0 Å². The zero-order valence-corrected chi connectivity index (χ0v) is 22.2. The minimum Gasteiger partial charge on any atom is -0.497 e. The summed E-state index contributed by atoms with van der Waals surface area (Å²) in [6.45, 7) is 2.48. The molecule has 6 nitrogen and oxygen atoms in total. The van der Waals surface area contributed by atoms with Gasteiger partial charge in [-0.2, -0.15) is 0 Å². The SMILES string of the molecule is CNC[C@@H](CCC1N(S(C)(=O)=O)c2ccc(OC)cc2C12CCNCC2)c1ccc(Cl)c(Cl)c1. The monoisotopic (exact) mass is 525 g/mol. The van der Waals surface area contributed by atoms with Crippen LogP contribution in [0.2, 0.25) is 10.0 Å². The average molecular weight is 527 g/mol. The fourth-order valence-corrected chi connectivity index (χ4v) is 7.43. The Morgan fingerprint density at radius 3 is 2.53 bits per heavy atom. The molecule has 1 saturated heterocycles. The van der Waals surface area contributed by atoms with Crippen LogP contribution in [-0.2, 0) is 15.4 Å². The summed E-state index contributed by atoms with van der Waals surface area (Å²) < 4.78 is 33.5. The number of hydrogen-bond donors (Lipinski definition) is 2. The summed E-state index contributed by atoms with van der Waals surface area (Å²) in [6.07, 6.45) is 4.63. The van der Waals surface area contributed by atoms with Gasteiger partial charge in [0, 0.05) is 12.0 Å². The van der Waals surface area contributed by atoms with Crippen molar-refractivity contribution in [3.05, 3.63) is 57.6 Å². The second kappa shape index (κ2) is 10.2. The van der Waals surface area contributed by atoms with Crippen molar-refractivity contribution in [3.8, 4) is 5.75 Å². The van der Waals surface area contributed by atoms with E-state index in [0.717, 1.165) is 67.9 Å². The first-order valence-electron chi connectivity index (χ1n) is 11.7. The van der Waals surface area contributed by atoms with Crippen LogP contribution in [0.4, 0.5) is 5.69 Å². The second-order valence-corrected chi connectivity index (χ2v) is 12.0. The Hall–Kier alpha value is -1.51. The smallest absolute Gasteiger partial charge is 0.232 e. The molecule has 0 saturated carbocycles. The van der Waals surface area contributed by atoms with E-state index < -0.39 is 10.0 Å². The van der Waals surface area contributed by atoms with E-state index >= 15 is 0 Å². The van der Waals surface area contributed by atoms with Crippen LogP contribution in [-0.4, -0.2) is 54.5 Å². The molecule has 2 atom stereocenters. The molecule has 9 heteroatoms. The molecule has 186 valence electrons. The number of benzene rings is 2. The van der Waals surface area contributed by atoms with Gasteiger partial charge in [0.05, 0.1) is 35.1 Å². The third-order valence-corrected chi connectivity index (χ3v) is 9.31. The van der Waals surface area contributed by atoms with Gasteiger partial charge in [-0.25, -0.2) is 8.42 Å². The van der Waals surface area contributed by atoms with Crippen LogP contribution in [0.5, 0.6) is 5.75 Å². The maximum Gasteiger partial charge on any atom is 0.232 e. The largest absolute Gasteiger partial charge is 0.497 e. The van der Waals surface area contributed by atoms with Crippen molar-refractivity contribution < 1.29 is 13.2 Å². The van der Waals surface area contributed by atoms with E-state index in [1.165, 1.54) is 6.26 Å². The maximum atomic E-state index is 13.1. The van der Waals surface area contributed by atoms with Crippen molar-refractivity contribution in [2.75, 3.05) is 44.4 Å². The molecule has 2 aromatic carbocycles. The summed E-state index contributed by atoms with van der Waals surface area (Å²) in [4.78, 5) is 0. The van der Waals surface area contributed by atoms with Gasteiger partial charge in [0.15, 0.2) is 0 Å². The van der Waals surface area contributed by atoms with Crippen molar-refractivity contribution in [2.45, 2.75) is 43.1 Å². The van der Waals surface area contributed by atoms with Crippen LogP contribution in [0.3, 0.4) is 0 Å². The highest BCUT2D eigenvalue weighted by Gasteiger charge is 2.53. The molecule has 0 aliphatic carbocycles. The van der Waals surface area contributed by atoms with Gasteiger partial charge in [0.25, 0.3) is 0 Å². The lowest BCUT2D eigenvalue weighted by atomic mass is 9.68. The minimum atomic E-state index is -3.48. The summed E-state index contributed by atoms with van der Waals surface area (Å²) in [6, 6.07) is 11.4. The van der Waals surface area contributed by atoms with Crippen molar-refractivity contribution in [1.29, 1.82) is 0 Å². The average Bonchev–Trinajstić information content (AvgIpc) is 3.07. The van der Waals surface area contributed by atoms with E-state index in [1.807, 2.05) is 43.4 Å². The van der Waals surface area contributed by atoms with Crippen molar-refractivity contribution in [1.82, 2.24) is 10.6 Å². The first-order valence-corrected chi connectivity index (χ1v) is 14.3. The highest BCUT2D eigenvalue weighted by Crippen LogP contribution is 2.54. The predicted octanol–water partition coefficient (Wildman–Crippen LogP) is 4.55. The van der Waals surface area contributed by atoms with Gasteiger partial charge in [0.2, 0.25) is 10.0 Å². The number of rotatable bonds is 8. The summed E-state index contributed by atoms with van der Waals surface area (Å²) in [5, 5.41) is 7.81. The Morgan fingerprint density at radius 1 is 1.18 bits per heavy atom. The molecule has 2 heterocycles. The lowest BCUT2D eigenvalue weighted by Gasteiger charge is -2.42. The lowest BCUT2D eigenvalue weighted by molar-refractivity contribution is 0.258. The number of halogens is 2. The fraction of sp³-hybridized carbons (Fsp3) is 0.520. The van der Waals surface area contributed by atoms with Gasteiger partial charge >= 0.3 is 0 Å². The fourth-order valence-electron chi connectivity index (χ4n) is 5.84. The molecule has 2 aliphatic rings. The van der Waals surface area contributed by atoms with E-state index in [0.29, 0.717) is 10.0 Å². The number of fused-ring (bicyclic) bond motifs is 2. The zero-order valence-electron chi connectivity index (χ0n) is 19.9. The quantitative estimate of drug-likeness (QED) is 0.528. The molecule has 0 radical (unpaired) electrons. The molecule has 1 unspecified atom stereocenters. The maximum absolute atomic E-state index is 13.1. The molecular weight excluding hydrogens is 493 g/mol. The van der Waals surface area contributed by atoms with E-state index in [-0.39, 0.29) is 17.4 Å². The Morgan fingerprint density at radius 2 is 1.91 bits per heavy atom. The van der Waals surface area contributed by atoms with Gasteiger partial charge < -0.3 is 15.4 Å². The highest BCUT2D eigenvalue weighted by atomic mass is 35.5. The number of nitrogens with zero attached hydrogens (tertiary/aromatic N) is 1. The second-order valence-electron chi connectivity index (χ2n) is 9.37. The van der Waals surface area contributed by atoms with Gasteiger partial charge in [0.1, 0.15) is 5.75 Å². The summed E-state index contributed by atoms with van der Waals surface area (Å²) in [7, 11) is 0.101. The Kier molecular flexibility index (Phi) is 7.70. The van der Waals surface area contributed by atoms with Crippen molar-refractivity contribution >= 4 is 38.9 Å². The molecule has 2 aliphatic heterocycles. The molecule has 4 rings (SSSR count). The predicted molar refractivity (Wildman–Crippen MR) is 140 cm³/mol. The summed E-state index contributed by atoms with van der Waals surface area (Å²) in [5.74, 6) is 0.938. The van der Waals surface area contributed by atoms with Crippen LogP contribution >= 0.6 is 23.2 Å². The van der Waals surface area contributed by atoms with E-state index in [9.17, 15) is 8.42 Å². The highest BCUT2D eigenvalue weighted by molar-refractivity contribution is 7.92. The topological polar surface area (TPSA) is 70.7 Å². The number of anilines is 1. The molecule has 0 bridgehead atoms. The number of methoxy groups -OCH3 is 1. The molecule has 1 spiro atoms. The van der Waals surface area contributed by atoms with Crippen LogP contribution in [0, 0.1) is 0 Å². The number of likely N-dealkylation sites (N-methyl/N-ethyl adjacent to an activating group) is 1. The number of hydrogen-bond acceptors (Lipinski definition) is 5. The molecule has 34 heavy (non-hydrogen) atoms. The Balaban J connectivity index is 1.73. The number of sulfonamides is 1. The summed E-state index contributed by atoms with van der Waals surface area (Å²) >= 11 is 12.5. The molecule has 2 aromatic rings. The summed E-state index contributed by atoms with van der Waals surface area (Å²) in [5.41, 5.74) is 2.73. The van der Waals surface area contributed by atoms with Crippen molar-refractivity contribution in [2.24, 2.45) is 0 Å². The molecular formula is C25H33Cl2N3O3S. The van der Waals surface area contributed by atoms with E-state index in [1.54, 1.807) is 11.4 Å². The Bertz CT molecular complexity index is 1140. The first-order chi connectivity index (χ1) is 16.2. The van der Waals surface area contributed by atoms with Crippen LogP contribution in [0.25, 0.3) is 0 Å². The molecule has 2 N–H and O–H groups in total. The van der Waals surface area contributed by atoms with Gasteiger partial charge in [-0.3, -0.25) is 4.31 Å². The third-order valence-electron chi connectivity index (χ3n) is 7.41. The van der Waals surface area contributed by atoms with Gasteiger partial charge in [-0.1, -0.05) is 29.3 Å². The standard InChI is InChI=1S/C25H33Cl2N3O3S/c1-28-16-18(17-4-7-21(26)22(27)14-17)5-9-24-25(10-12-29-13-11-25)20-15-19(33-2)6-8-23(20)30(24)34(3,31)32/h4,6-8,14-15,18,24,28-29H,5,9-13,16H2,1-3H3/t18-,24?/m1/s1. The minimum absolute atomic E-state index is 0.158. The van der Waals surface area contributed by atoms with Crippen LogP contribution < -0.4 is 19.7 Å². The van der Waals surface area contributed by atoms with Gasteiger partial charge in [-0.05, 0) is 93.2 Å². The number of nitrogens with one attached hydrogen (secondary N) is 2. The third kappa shape index (κ3) is 4.78. The number of ether oxygens (including phenoxy) is 1. The molecule has 0 aromatic heterocycles. The van der Waals surface area contributed by atoms with E-state index in [2.05, 4.69) is 10.6 Å². The Labute approximate surface area is 213 Å². The van der Waals surface area contributed by atoms with Crippen LogP contribution in [0.1, 0.15) is 42.7 Å². The number of piperidine rings is 1. The molecule has 0 amide bonds. The van der Waals surface area contributed by atoms with Crippen molar-refractivity contribution in [3.63, 3.8) is 0 Å². The normalized spacial score (nSPS) is 20.4. The zero-order chi connectivity index (χ0) is 24.5. The lowest BCUT2D eigenvalue weighted by Crippen LogP contribution is -2.52. The van der Waals surface area contributed by atoms with Crippen LogP contribution in [0.15, 0.2) is 36.4 Å². The molecule has 1 fully saturated rings. The first kappa shape index (κ1) is 25.6. The van der Waals surface area contributed by atoms with E-state index in [4.69, 9.17) is 27.9 Å².